The zero-order valence-electron chi connectivity index (χ0n) is 13.0. The van der Waals surface area contributed by atoms with Gasteiger partial charge in [0.1, 0.15) is 17.7 Å². The maximum Gasteiger partial charge on any atom is 0.328 e. The summed E-state index contributed by atoms with van der Waals surface area (Å²) in [6.45, 7) is 3.75. The molecular weight excluding hydrogens is 294 g/mol. The highest BCUT2D eigenvalue weighted by atomic mass is 16.5. The molecule has 0 N–H and O–H groups in total. The number of carbonyl (C=O) groups is 1. The van der Waals surface area contributed by atoms with Crippen molar-refractivity contribution in [3.63, 3.8) is 0 Å². The predicted molar refractivity (Wildman–Crippen MR) is 84.6 cm³/mol. The summed E-state index contributed by atoms with van der Waals surface area (Å²) in [5.41, 5.74) is 0.455. The number of hydrogen-bond donors (Lipinski definition) is 0. The van der Waals surface area contributed by atoms with E-state index < -0.39 is 17.6 Å². The molecule has 6 heteroatoms. The highest BCUT2D eigenvalue weighted by Gasteiger charge is 2.22. The topological polar surface area (TPSA) is 85.0 Å². The van der Waals surface area contributed by atoms with Crippen LogP contribution in [0.15, 0.2) is 41.3 Å². The van der Waals surface area contributed by atoms with Crippen molar-refractivity contribution in [2.24, 2.45) is 0 Å². The maximum absolute atomic E-state index is 12.5. The third-order valence-electron chi connectivity index (χ3n) is 3.34. The lowest BCUT2D eigenvalue weighted by atomic mass is 10.1. The Hall–Kier alpha value is -2.94. The summed E-state index contributed by atoms with van der Waals surface area (Å²) in [7, 11) is 0. The average Bonchev–Trinajstić information content (AvgIpc) is 2.59. The van der Waals surface area contributed by atoms with Crippen molar-refractivity contribution >= 4 is 5.97 Å². The molecule has 0 saturated heterocycles. The minimum Gasteiger partial charge on any atom is -0.464 e. The quantitative estimate of drug-likeness (QED) is 0.791. The fourth-order valence-electron chi connectivity index (χ4n) is 2.17. The van der Waals surface area contributed by atoms with Crippen LogP contribution in [0.1, 0.15) is 31.9 Å². The van der Waals surface area contributed by atoms with E-state index in [1.165, 1.54) is 10.6 Å². The normalized spacial score (nSPS) is 11.5. The molecule has 0 aromatic carbocycles. The Morgan fingerprint density at radius 3 is 2.78 bits per heavy atom. The first-order valence-corrected chi connectivity index (χ1v) is 7.33. The van der Waals surface area contributed by atoms with E-state index in [4.69, 9.17) is 10.00 Å². The average molecular weight is 311 g/mol. The highest BCUT2D eigenvalue weighted by molar-refractivity contribution is 5.75. The van der Waals surface area contributed by atoms with E-state index in [1.807, 2.05) is 13.0 Å². The van der Waals surface area contributed by atoms with Crippen molar-refractivity contribution in [1.82, 2.24) is 9.55 Å². The third kappa shape index (κ3) is 3.46. The van der Waals surface area contributed by atoms with E-state index >= 15 is 0 Å². The monoisotopic (exact) mass is 311 g/mol. The van der Waals surface area contributed by atoms with Crippen molar-refractivity contribution in [2.45, 2.75) is 26.3 Å². The first-order chi connectivity index (χ1) is 11.1. The Labute approximate surface area is 134 Å². The molecule has 6 nitrogen and oxygen atoms in total. The molecule has 2 aromatic rings. The summed E-state index contributed by atoms with van der Waals surface area (Å²) in [6.07, 6.45) is 2.29. The van der Waals surface area contributed by atoms with E-state index in [-0.39, 0.29) is 12.2 Å². The molecule has 118 valence electrons. The van der Waals surface area contributed by atoms with Crippen LogP contribution in [0.3, 0.4) is 0 Å². The Kier molecular flexibility index (Phi) is 5.26. The molecular formula is C17H17N3O3. The van der Waals surface area contributed by atoms with Gasteiger partial charge in [-0.05, 0) is 37.6 Å². The summed E-state index contributed by atoms with van der Waals surface area (Å²) in [4.78, 5) is 28.9. The maximum atomic E-state index is 12.5. The van der Waals surface area contributed by atoms with Gasteiger partial charge in [0, 0.05) is 6.20 Å². The number of esters is 1. The Balaban J connectivity index is 2.57. The number of rotatable bonds is 5. The summed E-state index contributed by atoms with van der Waals surface area (Å²) < 4.78 is 6.39. The molecule has 0 radical (unpaired) electrons. The highest BCUT2D eigenvalue weighted by Crippen LogP contribution is 2.20. The summed E-state index contributed by atoms with van der Waals surface area (Å²) in [5, 5.41) is 9.07. The molecule has 1 atom stereocenters. The second kappa shape index (κ2) is 7.36. The zero-order chi connectivity index (χ0) is 16.8. The number of nitriles is 1. The zero-order valence-corrected chi connectivity index (χ0v) is 13.0. The summed E-state index contributed by atoms with van der Waals surface area (Å²) >= 11 is 0. The first kappa shape index (κ1) is 16.4. The van der Waals surface area contributed by atoms with Crippen molar-refractivity contribution < 1.29 is 9.53 Å². The standard InChI is InChI=1S/C17H17N3O3/c1-3-10-23-17(22)12(2)20-15(14-6-4-5-9-19-14)8-7-13(11-18)16(20)21/h4-9,12H,3,10H2,1-2H3. The number of carbonyl (C=O) groups excluding carboxylic acids is 1. The lowest BCUT2D eigenvalue weighted by Gasteiger charge is -2.18. The molecule has 0 aliphatic heterocycles. The molecule has 1 unspecified atom stereocenters. The smallest absolute Gasteiger partial charge is 0.328 e. The SMILES string of the molecule is CCCOC(=O)C(C)n1c(-c2ccccn2)ccc(C#N)c1=O. The van der Waals surface area contributed by atoms with E-state index in [2.05, 4.69) is 4.98 Å². The van der Waals surface area contributed by atoms with E-state index in [1.54, 1.807) is 37.4 Å². The molecule has 0 aliphatic carbocycles. The van der Waals surface area contributed by atoms with Crippen LogP contribution in [0, 0.1) is 11.3 Å². The van der Waals surface area contributed by atoms with Gasteiger partial charge in [-0.15, -0.1) is 0 Å². The number of pyridine rings is 2. The van der Waals surface area contributed by atoms with Gasteiger partial charge in [-0.3, -0.25) is 14.3 Å². The van der Waals surface area contributed by atoms with Gasteiger partial charge in [0.05, 0.1) is 18.0 Å². The lowest BCUT2D eigenvalue weighted by Crippen LogP contribution is -2.32. The molecule has 23 heavy (non-hydrogen) atoms. The molecule has 0 saturated carbocycles. The lowest BCUT2D eigenvalue weighted by molar-refractivity contribution is -0.147. The van der Waals surface area contributed by atoms with Crippen LogP contribution in [0.25, 0.3) is 11.4 Å². The van der Waals surface area contributed by atoms with Crippen molar-refractivity contribution in [1.29, 1.82) is 5.26 Å². The van der Waals surface area contributed by atoms with Crippen LogP contribution in [0.5, 0.6) is 0 Å². The Bertz CT molecular complexity index is 791. The second-order valence-electron chi connectivity index (χ2n) is 4.98. The van der Waals surface area contributed by atoms with E-state index in [0.29, 0.717) is 17.8 Å². The van der Waals surface area contributed by atoms with E-state index in [0.717, 1.165) is 0 Å². The molecule has 0 aliphatic rings. The molecule has 0 fully saturated rings. The third-order valence-corrected chi connectivity index (χ3v) is 3.34. The molecule has 2 rings (SSSR count). The summed E-state index contributed by atoms with van der Waals surface area (Å²) in [6, 6.07) is 9.34. The largest absolute Gasteiger partial charge is 0.464 e. The molecule has 2 aromatic heterocycles. The van der Waals surface area contributed by atoms with Crippen LogP contribution >= 0.6 is 0 Å². The molecule has 0 bridgehead atoms. The minimum atomic E-state index is -0.848. The van der Waals surface area contributed by atoms with Crippen LogP contribution in [-0.4, -0.2) is 22.1 Å². The van der Waals surface area contributed by atoms with Crippen molar-refractivity contribution in [3.8, 4) is 17.5 Å². The fourth-order valence-corrected chi connectivity index (χ4v) is 2.17. The van der Waals surface area contributed by atoms with Crippen LogP contribution in [0.2, 0.25) is 0 Å². The molecule has 0 amide bonds. The van der Waals surface area contributed by atoms with E-state index in [9.17, 15) is 9.59 Å². The first-order valence-electron chi connectivity index (χ1n) is 7.33. The van der Waals surface area contributed by atoms with Crippen LogP contribution < -0.4 is 5.56 Å². The fraction of sp³-hybridized carbons (Fsp3) is 0.294. The van der Waals surface area contributed by atoms with Crippen LogP contribution in [0.4, 0.5) is 0 Å². The number of ether oxygens (including phenoxy) is 1. The second-order valence-corrected chi connectivity index (χ2v) is 4.98. The van der Waals surface area contributed by atoms with Gasteiger partial charge in [-0.25, -0.2) is 4.79 Å². The minimum absolute atomic E-state index is 0.0279. The van der Waals surface area contributed by atoms with Crippen LogP contribution in [-0.2, 0) is 9.53 Å². The van der Waals surface area contributed by atoms with Gasteiger partial charge in [-0.2, -0.15) is 5.26 Å². The van der Waals surface area contributed by atoms with Crippen molar-refractivity contribution in [3.05, 3.63) is 52.4 Å². The number of hydrogen-bond acceptors (Lipinski definition) is 5. The van der Waals surface area contributed by atoms with Gasteiger partial charge in [0.25, 0.3) is 5.56 Å². The van der Waals surface area contributed by atoms with Gasteiger partial charge in [-0.1, -0.05) is 13.0 Å². The van der Waals surface area contributed by atoms with Gasteiger partial charge in [0.2, 0.25) is 0 Å². The number of aromatic nitrogens is 2. The van der Waals surface area contributed by atoms with Gasteiger partial charge >= 0.3 is 5.97 Å². The van der Waals surface area contributed by atoms with Gasteiger partial charge in [0.15, 0.2) is 0 Å². The Morgan fingerprint density at radius 2 is 2.17 bits per heavy atom. The van der Waals surface area contributed by atoms with Gasteiger partial charge < -0.3 is 4.74 Å². The Morgan fingerprint density at radius 1 is 1.39 bits per heavy atom. The predicted octanol–water partition coefficient (Wildman–Crippen LogP) is 2.30. The molecule has 2 heterocycles. The summed E-state index contributed by atoms with van der Waals surface area (Å²) in [5.74, 6) is -0.513. The molecule has 0 spiro atoms. The van der Waals surface area contributed by atoms with Crippen molar-refractivity contribution in [2.75, 3.05) is 6.61 Å². The number of nitrogens with zero attached hydrogens (tertiary/aromatic N) is 3.